The number of aryl methyl sites for hydroxylation is 1. The van der Waals surface area contributed by atoms with Crippen molar-refractivity contribution in [3.8, 4) is 0 Å². The van der Waals surface area contributed by atoms with E-state index in [1.54, 1.807) is 11.0 Å². The van der Waals surface area contributed by atoms with Crippen molar-refractivity contribution in [1.82, 2.24) is 9.47 Å². The number of thiocarbonyl (C=S) groups is 1. The van der Waals surface area contributed by atoms with Crippen LogP contribution in [0, 0.1) is 5.92 Å². The van der Waals surface area contributed by atoms with E-state index in [4.69, 9.17) is 12.2 Å². The number of nitrogens with zero attached hydrogens (tertiary/aromatic N) is 3. The molecule has 36 heavy (non-hydrogen) atoms. The number of rotatable bonds is 5. The topological polar surface area (TPSA) is 45.6 Å². The Morgan fingerprint density at radius 1 is 1.06 bits per heavy atom. The van der Waals surface area contributed by atoms with Gasteiger partial charge in [0, 0.05) is 25.0 Å². The van der Waals surface area contributed by atoms with Crippen molar-refractivity contribution >= 4 is 56.9 Å². The first-order valence-electron chi connectivity index (χ1n) is 12.6. The zero-order valence-corrected chi connectivity index (χ0v) is 22.6. The fraction of sp³-hybridized carbons (Fsp3) is 0.345. The number of hydrogen-bond donors (Lipinski definition) is 0. The van der Waals surface area contributed by atoms with Gasteiger partial charge in [0.2, 0.25) is 0 Å². The number of piperidine rings is 1. The van der Waals surface area contributed by atoms with Crippen LogP contribution in [-0.4, -0.2) is 32.8 Å². The quantitative estimate of drug-likeness (QED) is 0.297. The van der Waals surface area contributed by atoms with Gasteiger partial charge in [-0.3, -0.25) is 14.5 Å². The number of anilines is 1. The molecule has 0 saturated carbocycles. The van der Waals surface area contributed by atoms with E-state index >= 15 is 0 Å². The van der Waals surface area contributed by atoms with Gasteiger partial charge in [-0.05, 0) is 50.3 Å². The van der Waals surface area contributed by atoms with E-state index in [1.807, 2.05) is 66.9 Å². The molecule has 2 aliphatic heterocycles. The monoisotopic (exact) mass is 517 g/mol. The molecule has 0 bridgehead atoms. The molecule has 2 fully saturated rings. The molecule has 0 spiro atoms. The number of amides is 1. The lowest BCUT2D eigenvalue weighted by atomic mass is 9.97. The minimum Gasteiger partial charge on any atom is -0.370 e. The number of fused-ring (bicyclic) bond motifs is 1. The Bertz CT molecular complexity index is 1410. The van der Waals surface area contributed by atoms with Crippen molar-refractivity contribution < 1.29 is 4.79 Å². The highest BCUT2D eigenvalue weighted by Gasteiger charge is 2.36. The van der Waals surface area contributed by atoms with Crippen molar-refractivity contribution in [2.45, 2.75) is 46.2 Å². The summed E-state index contributed by atoms with van der Waals surface area (Å²) in [4.78, 5) is 32.0. The smallest absolute Gasteiger partial charge is 0.266 e. The van der Waals surface area contributed by atoms with Gasteiger partial charge in [-0.1, -0.05) is 79.4 Å². The molecule has 0 N–H and O–H groups in total. The average Bonchev–Trinajstić information content (AvgIpc) is 3.17. The third-order valence-electron chi connectivity index (χ3n) is 7.36. The van der Waals surface area contributed by atoms with E-state index in [9.17, 15) is 9.59 Å². The van der Waals surface area contributed by atoms with Crippen LogP contribution in [0.1, 0.15) is 50.8 Å². The number of hydrogen-bond acceptors (Lipinski definition) is 5. The first-order chi connectivity index (χ1) is 17.4. The van der Waals surface area contributed by atoms with Crippen molar-refractivity contribution in [3.63, 3.8) is 0 Å². The largest absolute Gasteiger partial charge is 0.370 e. The summed E-state index contributed by atoms with van der Waals surface area (Å²) in [5.74, 6) is 0.526. The fourth-order valence-corrected chi connectivity index (χ4v) is 6.65. The molecule has 0 aliphatic carbocycles. The minimum absolute atomic E-state index is 0.0637. The van der Waals surface area contributed by atoms with Crippen LogP contribution in [-0.2, 0) is 11.3 Å². The van der Waals surface area contributed by atoms with Crippen LogP contribution >= 0.6 is 24.0 Å². The number of thioether (sulfide) groups is 1. The molecule has 0 radical (unpaired) electrons. The number of para-hydroxylation sites is 1. The summed E-state index contributed by atoms with van der Waals surface area (Å²) in [6.07, 6.45) is 3.97. The highest BCUT2D eigenvalue weighted by molar-refractivity contribution is 8.26. The molecule has 7 heteroatoms. The lowest BCUT2D eigenvalue weighted by molar-refractivity contribution is -0.123. The van der Waals surface area contributed by atoms with Gasteiger partial charge in [-0.15, -0.1) is 0 Å². The van der Waals surface area contributed by atoms with Crippen molar-refractivity contribution in [1.29, 1.82) is 0 Å². The number of carbonyl (C=O) groups excluding carboxylic acids is 1. The third kappa shape index (κ3) is 4.39. The summed E-state index contributed by atoms with van der Waals surface area (Å²) >= 11 is 6.94. The Labute approximate surface area is 221 Å². The van der Waals surface area contributed by atoms with E-state index in [1.165, 1.54) is 11.8 Å². The second kappa shape index (κ2) is 10.2. The Morgan fingerprint density at radius 3 is 2.42 bits per heavy atom. The predicted molar refractivity (Wildman–Crippen MR) is 154 cm³/mol. The van der Waals surface area contributed by atoms with E-state index in [2.05, 4.69) is 17.9 Å². The Morgan fingerprint density at radius 2 is 1.72 bits per heavy atom. The van der Waals surface area contributed by atoms with Crippen LogP contribution in [0.3, 0.4) is 0 Å². The molecular formula is C29H31N3O2S2. The number of carbonyl (C=O) groups is 1. The van der Waals surface area contributed by atoms with Crippen molar-refractivity contribution in [2.24, 2.45) is 5.92 Å². The van der Waals surface area contributed by atoms with Gasteiger partial charge in [0.05, 0.1) is 27.7 Å². The molecule has 1 unspecified atom stereocenters. The lowest BCUT2D eigenvalue weighted by Gasteiger charge is -2.34. The fourth-order valence-electron chi connectivity index (χ4n) is 5.25. The van der Waals surface area contributed by atoms with Gasteiger partial charge in [-0.2, -0.15) is 0 Å². The first kappa shape index (κ1) is 24.8. The Hall–Kier alpha value is -2.90. The van der Waals surface area contributed by atoms with Crippen LogP contribution in [0.4, 0.5) is 5.69 Å². The summed E-state index contributed by atoms with van der Waals surface area (Å²) in [7, 11) is 0. The lowest BCUT2D eigenvalue weighted by Crippen LogP contribution is -2.36. The summed E-state index contributed by atoms with van der Waals surface area (Å²) in [5, 5.41) is 1.05. The number of pyridine rings is 1. The molecule has 186 valence electrons. The van der Waals surface area contributed by atoms with Gasteiger partial charge < -0.3 is 9.47 Å². The zero-order valence-electron chi connectivity index (χ0n) is 20.9. The molecule has 1 amide bonds. The molecule has 5 rings (SSSR count). The van der Waals surface area contributed by atoms with E-state index in [-0.39, 0.29) is 17.5 Å². The minimum atomic E-state index is -0.184. The molecule has 3 heterocycles. The SMILES string of the molecule is CCn1c(=O)c(C=C2SC(=S)N(C(C)c3ccccc3)C2=O)c(N2CCC(C)CC2)c2ccccc21. The standard InChI is InChI=1S/C29H31N3O2S2/c1-4-31-24-13-9-8-12-22(24)26(30-16-14-19(2)15-17-30)23(27(31)33)18-25-28(34)32(29(35)36-25)20(3)21-10-6-5-7-11-21/h5-13,18-20H,4,14-17H2,1-3H3. The summed E-state index contributed by atoms with van der Waals surface area (Å²) < 4.78 is 2.33. The van der Waals surface area contributed by atoms with Gasteiger partial charge in [0.1, 0.15) is 4.32 Å². The molecular weight excluding hydrogens is 486 g/mol. The molecule has 2 saturated heterocycles. The summed E-state index contributed by atoms with van der Waals surface area (Å²) in [6, 6.07) is 17.8. The van der Waals surface area contributed by atoms with Crippen molar-refractivity contribution in [3.05, 3.63) is 81.0 Å². The van der Waals surface area contributed by atoms with Crippen LogP contribution in [0.25, 0.3) is 17.0 Å². The normalized spacial score (nSPS) is 19.0. The summed E-state index contributed by atoms with van der Waals surface area (Å²) in [6.45, 7) is 8.61. The van der Waals surface area contributed by atoms with Crippen molar-refractivity contribution in [2.75, 3.05) is 18.0 Å². The third-order valence-corrected chi connectivity index (χ3v) is 8.70. The van der Waals surface area contributed by atoms with Gasteiger partial charge in [-0.25, -0.2) is 0 Å². The number of benzene rings is 2. The average molecular weight is 518 g/mol. The second-order valence-electron chi connectivity index (χ2n) is 9.64. The number of aromatic nitrogens is 1. The second-order valence-corrected chi connectivity index (χ2v) is 11.3. The maximum absolute atomic E-state index is 13.9. The van der Waals surface area contributed by atoms with E-state index < -0.39 is 0 Å². The maximum atomic E-state index is 13.9. The molecule has 5 nitrogen and oxygen atoms in total. The van der Waals surface area contributed by atoms with E-state index in [0.717, 1.165) is 48.1 Å². The highest BCUT2D eigenvalue weighted by Crippen LogP contribution is 2.40. The van der Waals surface area contributed by atoms with Crippen LogP contribution < -0.4 is 10.5 Å². The molecule has 1 atom stereocenters. The Kier molecular flexibility index (Phi) is 7.04. The van der Waals surface area contributed by atoms with Crippen LogP contribution in [0.15, 0.2) is 64.3 Å². The molecule has 1 aromatic heterocycles. The summed E-state index contributed by atoms with van der Waals surface area (Å²) in [5.41, 5.74) is 3.41. The van der Waals surface area contributed by atoms with Gasteiger partial charge in [0.25, 0.3) is 11.5 Å². The van der Waals surface area contributed by atoms with Crippen LogP contribution in [0.5, 0.6) is 0 Å². The van der Waals surface area contributed by atoms with Gasteiger partial charge in [0.15, 0.2) is 0 Å². The maximum Gasteiger partial charge on any atom is 0.266 e. The first-order valence-corrected chi connectivity index (χ1v) is 13.9. The van der Waals surface area contributed by atoms with Gasteiger partial charge >= 0.3 is 0 Å². The highest BCUT2D eigenvalue weighted by atomic mass is 32.2. The molecule has 2 aliphatic rings. The molecule has 2 aromatic carbocycles. The van der Waals surface area contributed by atoms with E-state index in [0.29, 0.717) is 27.3 Å². The predicted octanol–water partition coefficient (Wildman–Crippen LogP) is 6.22. The zero-order chi connectivity index (χ0) is 25.4. The molecule has 3 aromatic rings. The van der Waals surface area contributed by atoms with Crippen LogP contribution in [0.2, 0.25) is 0 Å². The Balaban J connectivity index is 1.64.